The molecule has 0 unspecified atom stereocenters. The SMILES string of the molecule is Cc1ccc(CN(C)C(=O)Cc2c(C)nc3nc(C(F)(F)F)nn3c2C)c(C)c1. The van der Waals surface area contributed by atoms with E-state index in [0.29, 0.717) is 23.5 Å². The van der Waals surface area contributed by atoms with Gasteiger partial charge in [-0.05, 0) is 38.8 Å². The standard InChI is InChI=1S/C20H22F3N5O/c1-11-6-7-15(12(2)8-11)10-27(5)17(29)9-16-13(3)24-19-25-18(20(21,22)23)26-28(19)14(16)4/h6-8H,9-10H2,1-5H3. The largest absolute Gasteiger partial charge is 0.453 e. The van der Waals surface area contributed by atoms with Gasteiger partial charge in [0.15, 0.2) is 0 Å². The molecule has 1 aromatic carbocycles. The summed E-state index contributed by atoms with van der Waals surface area (Å²) in [6, 6.07) is 6.05. The summed E-state index contributed by atoms with van der Waals surface area (Å²) in [7, 11) is 1.70. The molecule has 3 aromatic rings. The van der Waals surface area contributed by atoms with E-state index in [1.165, 1.54) is 0 Å². The molecule has 0 fully saturated rings. The lowest BCUT2D eigenvalue weighted by molar-refractivity contribution is -0.144. The molecule has 1 amide bonds. The molecule has 29 heavy (non-hydrogen) atoms. The van der Waals surface area contributed by atoms with Crippen LogP contribution < -0.4 is 0 Å². The summed E-state index contributed by atoms with van der Waals surface area (Å²) in [5.74, 6) is -1.54. The van der Waals surface area contributed by atoms with Crippen molar-refractivity contribution in [3.63, 3.8) is 0 Å². The molecule has 2 aromatic heterocycles. The number of hydrogen-bond donors (Lipinski definition) is 0. The minimum absolute atomic E-state index is 0.0171. The number of aromatic nitrogens is 4. The number of amides is 1. The molecule has 9 heteroatoms. The van der Waals surface area contributed by atoms with Gasteiger partial charge in [0.2, 0.25) is 5.91 Å². The average molecular weight is 405 g/mol. The summed E-state index contributed by atoms with van der Waals surface area (Å²) in [6.07, 6.45) is -4.64. The van der Waals surface area contributed by atoms with Gasteiger partial charge in [-0.25, -0.2) is 9.50 Å². The summed E-state index contributed by atoms with van der Waals surface area (Å²) in [5.41, 5.74) is 4.72. The minimum atomic E-state index is -4.66. The van der Waals surface area contributed by atoms with Crippen LogP contribution in [0.4, 0.5) is 13.2 Å². The Hall–Kier alpha value is -2.97. The van der Waals surface area contributed by atoms with E-state index in [-0.39, 0.29) is 18.1 Å². The molecule has 154 valence electrons. The van der Waals surface area contributed by atoms with E-state index in [1.54, 1.807) is 25.8 Å². The number of rotatable bonds is 4. The monoisotopic (exact) mass is 405 g/mol. The number of fused-ring (bicyclic) bond motifs is 1. The van der Waals surface area contributed by atoms with Crippen LogP contribution in [0.3, 0.4) is 0 Å². The Bertz CT molecular complexity index is 1090. The van der Waals surface area contributed by atoms with E-state index >= 15 is 0 Å². The second-order valence-electron chi connectivity index (χ2n) is 7.26. The number of hydrogen-bond acceptors (Lipinski definition) is 4. The van der Waals surface area contributed by atoms with Crippen LogP contribution in [0, 0.1) is 27.7 Å². The van der Waals surface area contributed by atoms with Gasteiger partial charge < -0.3 is 4.90 Å². The molecule has 2 heterocycles. The van der Waals surface area contributed by atoms with Crippen LogP contribution in [-0.2, 0) is 23.9 Å². The van der Waals surface area contributed by atoms with Crippen molar-refractivity contribution in [2.45, 2.75) is 46.8 Å². The topological polar surface area (TPSA) is 63.4 Å². The molecule has 0 bridgehead atoms. The summed E-state index contributed by atoms with van der Waals surface area (Å²) >= 11 is 0. The molecule has 0 aliphatic rings. The number of halogens is 3. The van der Waals surface area contributed by atoms with Gasteiger partial charge in [0.1, 0.15) is 0 Å². The van der Waals surface area contributed by atoms with Crippen LogP contribution in [0.15, 0.2) is 18.2 Å². The second kappa shape index (κ2) is 7.46. The predicted molar refractivity (Wildman–Crippen MR) is 101 cm³/mol. The van der Waals surface area contributed by atoms with Crippen molar-refractivity contribution < 1.29 is 18.0 Å². The van der Waals surface area contributed by atoms with Gasteiger partial charge in [0, 0.05) is 30.5 Å². The molecule has 0 aliphatic carbocycles. The third kappa shape index (κ3) is 4.23. The first-order valence-electron chi connectivity index (χ1n) is 9.07. The number of nitrogens with zero attached hydrogens (tertiary/aromatic N) is 5. The van der Waals surface area contributed by atoms with Gasteiger partial charge >= 0.3 is 6.18 Å². The van der Waals surface area contributed by atoms with Crippen LogP contribution in [0.1, 0.15) is 39.5 Å². The van der Waals surface area contributed by atoms with E-state index in [9.17, 15) is 18.0 Å². The zero-order valence-corrected chi connectivity index (χ0v) is 16.9. The average Bonchev–Trinajstić information content (AvgIpc) is 3.05. The number of carbonyl (C=O) groups is 1. The first-order chi connectivity index (χ1) is 13.5. The number of carbonyl (C=O) groups excluding carboxylic acids is 1. The van der Waals surface area contributed by atoms with Crippen molar-refractivity contribution in [2.24, 2.45) is 0 Å². The Kier molecular flexibility index (Phi) is 5.34. The molecule has 0 aliphatic heterocycles. The predicted octanol–water partition coefficient (Wildman–Crippen LogP) is 3.58. The summed E-state index contributed by atoms with van der Waals surface area (Å²) in [5, 5.41) is 3.52. The normalized spacial score (nSPS) is 11.9. The molecule has 3 rings (SSSR count). The van der Waals surface area contributed by atoms with Gasteiger partial charge in [0.25, 0.3) is 11.6 Å². The number of likely N-dealkylation sites (N-methyl/N-ethyl adjacent to an activating group) is 1. The lowest BCUT2D eigenvalue weighted by Gasteiger charge is -2.20. The Morgan fingerprint density at radius 3 is 2.45 bits per heavy atom. The van der Waals surface area contributed by atoms with Crippen molar-refractivity contribution in [1.29, 1.82) is 0 Å². The highest BCUT2D eigenvalue weighted by Crippen LogP contribution is 2.27. The lowest BCUT2D eigenvalue weighted by Crippen LogP contribution is -2.29. The van der Waals surface area contributed by atoms with Crippen LogP contribution in [-0.4, -0.2) is 37.4 Å². The summed E-state index contributed by atoms with van der Waals surface area (Å²) < 4.78 is 39.8. The molecular formula is C20H22F3N5O. The Balaban J connectivity index is 1.85. The smallest absolute Gasteiger partial charge is 0.341 e. The van der Waals surface area contributed by atoms with Crippen LogP contribution in [0.25, 0.3) is 5.78 Å². The molecule has 6 nitrogen and oxygen atoms in total. The molecule has 0 saturated carbocycles. The van der Waals surface area contributed by atoms with Crippen molar-refractivity contribution >= 4 is 11.7 Å². The fraction of sp³-hybridized carbons (Fsp3) is 0.400. The second-order valence-corrected chi connectivity index (χ2v) is 7.26. The summed E-state index contributed by atoms with van der Waals surface area (Å²) in [6.45, 7) is 7.72. The molecule has 0 radical (unpaired) electrons. The zero-order chi connectivity index (χ0) is 21.5. The highest BCUT2D eigenvalue weighted by molar-refractivity contribution is 5.79. The van der Waals surface area contributed by atoms with Gasteiger partial charge in [-0.3, -0.25) is 4.79 Å². The quantitative estimate of drug-likeness (QED) is 0.666. The molecule has 0 N–H and O–H groups in total. The van der Waals surface area contributed by atoms with Crippen molar-refractivity contribution in [3.05, 3.63) is 57.7 Å². The van der Waals surface area contributed by atoms with Crippen LogP contribution in [0.5, 0.6) is 0 Å². The van der Waals surface area contributed by atoms with Crippen molar-refractivity contribution in [1.82, 2.24) is 24.5 Å². The molecule has 0 saturated heterocycles. The van der Waals surface area contributed by atoms with Gasteiger partial charge in [-0.2, -0.15) is 18.2 Å². The van der Waals surface area contributed by atoms with E-state index in [4.69, 9.17) is 0 Å². The highest BCUT2D eigenvalue weighted by Gasteiger charge is 2.37. The summed E-state index contributed by atoms with van der Waals surface area (Å²) in [4.78, 5) is 21.9. The van der Waals surface area contributed by atoms with Gasteiger partial charge in [0.05, 0.1) is 6.42 Å². The van der Waals surface area contributed by atoms with Gasteiger partial charge in [-0.15, -0.1) is 5.10 Å². The van der Waals surface area contributed by atoms with E-state index in [2.05, 4.69) is 21.1 Å². The fourth-order valence-electron chi connectivity index (χ4n) is 3.24. The number of alkyl halides is 3. The van der Waals surface area contributed by atoms with Crippen molar-refractivity contribution in [2.75, 3.05) is 7.05 Å². The van der Waals surface area contributed by atoms with E-state index < -0.39 is 12.0 Å². The van der Waals surface area contributed by atoms with E-state index in [0.717, 1.165) is 21.2 Å². The molecule has 0 atom stereocenters. The first-order valence-corrected chi connectivity index (χ1v) is 9.07. The Morgan fingerprint density at radius 1 is 1.14 bits per heavy atom. The number of benzene rings is 1. The maximum Gasteiger partial charge on any atom is 0.453 e. The lowest BCUT2D eigenvalue weighted by atomic mass is 10.0. The maximum atomic E-state index is 12.9. The zero-order valence-electron chi connectivity index (χ0n) is 16.9. The van der Waals surface area contributed by atoms with Crippen LogP contribution >= 0.6 is 0 Å². The maximum absolute atomic E-state index is 12.9. The van der Waals surface area contributed by atoms with Crippen LogP contribution in [0.2, 0.25) is 0 Å². The van der Waals surface area contributed by atoms with Gasteiger partial charge in [-0.1, -0.05) is 23.8 Å². The van der Waals surface area contributed by atoms with Crippen molar-refractivity contribution in [3.8, 4) is 0 Å². The first kappa shape index (κ1) is 20.8. The molecule has 0 spiro atoms. The molecular weight excluding hydrogens is 383 g/mol. The highest BCUT2D eigenvalue weighted by atomic mass is 19.4. The third-order valence-electron chi connectivity index (χ3n) is 4.96. The Labute approximate surface area is 166 Å². The van der Waals surface area contributed by atoms with E-state index in [1.807, 2.05) is 26.0 Å². The Morgan fingerprint density at radius 2 is 1.83 bits per heavy atom. The minimum Gasteiger partial charge on any atom is -0.341 e. The number of aryl methyl sites for hydroxylation is 4. The fourth-order valence-corrected chi connectivity index (χ4v) is 3.24. The third-order valence-corrected chi connectivity index (χ3v) is 4.96.